The molecular formula is C11H19N5O. The Hall–Kier alpha value is -1.43. The average molecular weight is 237 g/mol. The third kappa shape index (κ3) is 3.52. The molecular weight excluding hydrogens is 218 g/mol. The van der Waals surface area contributed by atoms with Crippen molar-refractivity contribution in [1.82, 2.24) is 25.4 Å². The Bertz CT molecular complexity index is 370. The molecule has 0 unspecified atom stereocenters. The van der Waals surface area contributed by atoms with Crippen molar-refractivity contribution in [3.05, 3.63) is 11.6 Å². The normalized spacial score (nSPS) is 16.3. The average Bonchev–Trinajstić information content (AvgIpc) is 2.95. The maximum Gasteiger partial charge on any atom is 0.290 e. The Balaban J connectivity index is 1.63. The van der Waals surface area contributed by atoms with E-state index in [9.17, 15) is 4.79 Å². The summed E-state index contributed by atoms with van der Waals surface area (Å²) in [6.45, 7) is 5.93. The number of aryl methyl sites for hydroxylation is 1. The van der Waals surface area contributed by atoms with E-state index in [4.69, 9.17) is 0 Å². The van der Waals surface area contributed by atoms with Crippen LogP contribution in [0.25, 0.3) is 0 Å². The quantitative estimate of drug-likeness (QED) is 0.724. The molecule has 1 amide bonds. The molecule has 2 heterocycles. The van der Waals surface area contributed by atoms with Gasteiger partial charge in [-0.1, -0.05) is 0 Å². The monoisotopic (exact) mass is 237 g/mol. The van der Waals surface area contributed by atoms with Crippen LogP contribution < -0.4 is 5.32 Å². The van der Waals surface area contributed by atoms with Crippen molar-refractivity contribution in [3.63, 3.8) is 0 Å². The third-order valence-electron chi connectivity index (χ3n) is 2.94. The maximum absolute atomic E-state index is 11.6. The van der Waals surface area contributed by atoms with E-state index in [2.05, 4.69) is 25.4 Å². The first-order chi connectivity index (χ1) is 8.25. The van der Waals surface area contributed by atoms with E-state index in [-0.39, 0.29) is 11.7 Å². The van der Waals surface area contributed by atoms with Crippen molar-refractivity contribution in [2.45, 2.75) is 26.2 Å². The van der Waals surface area contributed by atoms with Crippen molar-refractivity contribution >= 4 is 5.91 Å². The summed E-state index contributed by atoms with van der Waals surface area (Å²) >= 11 is 0. The fraction of sp³-hybridized carbons (Fsp3) is 0.727. The highest BCUT2D eigenvalue weighted by atomic mass is 16.2. The van der Waals surface area contributed by atoms with Gasteiger partial charge in [-0.25, -0.2) is 4.98 Å². The fourth-order valence-corrected chi connectivity index (χ4v) is 2.03. The Morgan fingerprint density at radius 2 is 2.24 bits per heavy atom. The molecule has 1 fully saturated rings. The summed E-state index contributed by atoms with van der Waals surface area (Å²) in [5, 5.41) is 9.29. The summed E-state index contributed by atoms with van der Waals surface area (Å²) in [7, 11) is 0. The molecule has 1 aliphatic heterocycles. The van der Waals surface area contributed by atoms with Gasteiger partial charge in [-0.05, 0) is 45.8 Å². The number of carbonyl (C=O) groups excluding carboxylic acids is 1. The number of hydrogen-bond acceptors (Lipinski definition) is 4. The predicted octanol–water partition coefficient (Wildman–Crippen LogP) is 0.329. The second kappa shape index (κ2) is 5.77. The number of rotatable bonds is 5. The van der Waals surface area contributed by atoms with Crippen LogP contribution in [0.1, 0.15) is 35.7 Å². The van der Waals surface area contributed by atoms with Crippen molar-refractivity contribution in [2.24, 2.45) is 0 Å². The number of H-pyrrole nitrogens is 1. The Morgan fingerprint density at radius 3 is 2.88 bits per heavy atom. The maximum atomic E-state index is 11.6. The largest absolute Gasteiger partial charge is 0.349 e. The summed E-state index contributed by atoms with van der Waals surface area (Å²) in [6, 6.07) is 0. The van der Waals surface area contributed by atoms with Crippen molar-refractivity contribution in [1.29, 1.82) is 0 Å². The molecule has 0 aromatic carbocycles. The number of amides is 1. The van der Waals surface area contributed by atoms with E-state index in [1.807, 2.05) is 0 Å². The SMILES string of the molecule is Cc1nc(C(=O)NCCCN2CCCC2)n[nH]1. The lowest BCUT2D eigenvalue weighted by Gasteiger charge is -2.13. The lowest BCUT2D eigenvalue weighted by Crippen LogP contribution is -2.29. The van der Waals surface area contributed by atoms with Gasteiger partial charge in [0.2, 0.25) is 5.82 Å². The first-order valence-electron chi connectivity index (χ1n) is 6.15. The van der Waals surface area contributed by atoms with Crippen LogP contribution in [0, 0.1) is 6.92 Å². The number of aromatic amines is 1. The lowest BCUT2D eigenvalue weighted by atomic mass is 10.4. The molecule has 0 saturated carbocycles. The van der Waals surface area contributed by atoms with Crippen LogP contribution in [-0.4, -0.2) is 52.2 Å². The van der Waals surface area contributed by atoms with Crippen LogP contribution in [-0.2, 0) is 0 Å². The zero-order valence-electron chi connectivity index (χ0n) is 10.2. The van der Waals surface area contributed by atoms with Gasteiger partial charge in [-0.2, -0.15) is 0 Å². The summed E-state index contributed by atoms with van der Waals surface area (Å²) in [5.74, 6) is 0.687. The van der Waals surface area contributed by atoms with Gasteiger partial charge in [-0.3, -0.25) is 9.89 Å². The molecule has 0 spiro atoms. The molecule has 0 radical (unpaired) electrons. The first-order valence-corrected chi connectivity index (χ1v) is 6.15. The number of likely N-dealkylation sites (tertiary alicyclic amines) is 1. The summed E-state index contributed by atoms with van der Waals surface area (Å²) in [4.78, 5) is 18.0. The lowest BCUT2D eigenvalue weighted by molar-refractivity contribution is 0.0942. The molecule has 0 aliphatic carbocycles. The minimum Gasteiger partial charge on any atom is -0.349 e. The highest BCUT2D eigenvalue weighted by molar-refractivity contribution is 5.90. The molecule has 6 heteroatoms. The zero-order chi connectivity index (χ0) is 12.1. The molecule has 2 N–H and O–H groups in total. The zero-order valence-corrected chi connectivity index (χ0v) is 10.2. The van der Waals surface area contributed by atoms with Crippen molar-refractivity contribution in [3.8, 4) is 0 Å². The molecule has 0 atom stereocenters. The van der Waals surface area contributed by atoms with Gasteiger partial charge in [-0.15, -0.1) is 5.10 Å². The molecule has 2 rings (SSSR count). The summed E-state index contributed by atoms with van der Waals surface area (Å²) in [6.07, 6.45) is 3.60. The molecule has 6 nitrogen and oxygen atoms in total. The number of nitrogens with zero attached hydrogens (tertiary/aromatic N) is 3. The van der Waals surface area contributed by atoms with Gasteiger partial charge in [0.1, 0.15) is 5.82 Å². The van der Waals surface area contributed by atoms with E-state index in [0.717, 1.165) is 13.0 Å². The van der Waals surface area contributed by atoms with Crippen LogP contribution in [0.2, 0.25) is 0 Å². The van der Waals surface area contributed by atoms with Gasteiger partial charge in [0.15, 0.2) is 0 Å². The molecule has 94 valence electrons. The van der Waals surface area contributed by atoms with Gasteiger partial charge in [0.25, 0.3) is 5.91 Å². The first kappa shape index (κ1) is 12.0. The molecule has 1 aromatic rings. The molecule has 1 aromatic heterocycles. The molecule has 1 saturated heterocycles. The minimum absolute atomic E-state index is 0.198. The summed E-state index contributed by atoms with van der Waals surface area (Å²) < 4.78 is 0. The predicted molar refractivity (Wildman–Crippen MR) is 63.7 cm³/mol. The number of hydrogen-bond donors (Lipinski definition) is 2. The van der Waals surface area contributed by atoms with Gasteiger partial charge in [0, 0.05) is 6.54 Å². The molecule has 0 bridgehead atoms. The standard InChI is InChI=1S/C11H19N5O/c1-9-13-10(15-14-9)11(17)12-5-4-8-16-6-2-3-7-16/h2-8H2,1H3,(H,12,17)(H,13,14,15). The van der Waals surface area contributed by atoms with Gasteiger partial charge >= 0.3 is 0 Å². The smallest absolute Gasteiger partial charge is 0.290 e. The van der Waals surface area contributed by atoms with Gasteiger partial charge in [0.05, 0.1) is 0 Å². The molecule has 17 heavy (non-hydrogen) atoms. The third-order valence-corrected chi connectivity index (χ3v) is 2.94. The van der Waals surface area contributed by atoms with E-state index >= 15 is 0 Å². The minimum atomic E-state index is -0.198. The molecule has 1 aliphatic rings. The number of carbonyl (C=O) groups is 1. The van der Waals surface area contributed by atoms with Crippen LogP contribution in [0.15, 0.2) is 0 Å². The topological polar surface area (TPSA) is 73.9 Å². The second-order valence-electron chi connectivity index (χ2n) is 4.40. The van der Waals surface area contributed by atoms with Crippen LogP contribution in [0.5, 0.6) is 0 Å². The Labute approximate surface area is 101 Å². The van der Waals surface area contributed by atoms with Crippen LogP contribution >= 0.6 is 0 Å². The number of aromatic nitrogens is 3. The van der Waals surface area contributed by atoms with Crippen LogP contribution in [0.3, 0.4) is 0 Å². The highest BCUT2D eigenvalue weighted by Gasteiger charge is 2.12. The van der Waals surface area contributed by atoms with Crippen molar-refractivity contribution < 1.29 is 4.79 Å². The second-order valence-corrected chi connectivity index (χ2v) is 4.40. The number of nitrogens with one attached hydrogen (secondary N) is 2. The Kier molecular flexibility index (Phi) is 4.08. The van der Waals surface area contributed by atoms with E-state index < -0.39 is 0 Å². The van der Waals surface area contributed by atoms with Gasteiger partial charge < -0.3 is 10.2 Å². The van der Waals surface area contributed by atoms with E-state index in [1.54, 1.807) is 6.92 Å². The highest BCUT2D eigenvalue weighted by Crippen LogP contribution is 2.06. The van der Waals surface area contributed by atoms with E-state index in [0.29, 0.717) is 12.4 Å². The summed E-state index contributed by atoms with van der Waals surface area (Å²) in [5.41, 5.74) is 0. The Morgan fingerprint density at radius 1 is 1.47 bits per heavy atom. The fourth-order valence-electron chi connectivity index (χ4n) is 2.03. The van der Waals surface area contributed by atoms with Crippen molar-refractivity contribution in [2.75, 3.05) is 26.2 Å². The van der Waals surface area contributed by atoms with Crippen LogP contribution in [0.4, 0.5) is 0 Å². The van der Waals surface area contributed by atoms with E-state index in [1.165, 1.54) is 25.9 Å².